The summed E-state index contributed by atoms with van der Waals surface area (Å²) in [5, 5.41) is 1.83. The van der Waals surface area contributed by atoms with Gasteiger partial charge in [-0.25, -0.2) is 4.99 Å². The third-order valence-electron chi connectivity index (χ3n) is 8.69. The Morgan fingerprint density at radius 3 is 2.68 bits per heavy atom. The van der Waals surface area contributed by atoms with E-state index >= 15 is 0 Å². The SMILES string of the molecule is COc1cccc([C@@H]2C3=C(N=c4s/c(=C/c5cn(Cc6ccccc6Cl)c6ccccc56)c(=O)n42)c2ccccc2CC3)c1. The molecule has 3 heterocycles. The van der Waals surface area contributed by atoms with Crippen molar-refractivity contribution in [2.24, 2.45) is 4.99 Å². The molecule has 6 aromatic rings. The maximum absolute atomic E-state index is 14.4. The summed E-state index contributed by atoms with van der Waals surface area (Å²) in [6, 6.07) is 32.5. The summed E-state index contributed by atoms with van der Waals surface area (Å²) in [5.74, 6) is 0.770. The minimum Gasteiger partial charge on any atom is -0.497 e. The number of thiazole rings is 1. The standard InChI is InChI=1S/C37H28ClN3O2S/c1-43-27-12-8-11-24(19-27)35-30-18-17-23-9-2-4-14-29(23)34(30)39-37-41(35)36(42)33(44-37)20-26-22-40(32-16-7-5-13-28(26)32)21-25-10-3-6-15-31(25)38/h2-16,19-20,22,35H,17-18,21H2,1H3/b33-20+/t35-/m1/s1. The second-order valence-corrected chi connectivity index (χ2v) is 12.6. The first-order valence-electron chi connectivity index (χ1n) is 14.7. The first-order chi connectivity index (χ1) is 21.6. The van der Waals surface area contributed by atoms with Crippen LogP contribution in [0.4, 0.5) is 0 Å². The van der Waals surface area contributed by atoms with Crippen LogP contribution in [-0.2, 0) is 13.0 Å². The van der Waals surface area contributed by atoms with E-state index in [4.69, 9.17) is 21.3 Å². The lowest BCUT2D eigenvalue weighted by molar-refractivity contribution is 0.413. The summed E-state index contributed by atoms with van der Waals surface area (Å²) >= 11 is 7.97. The number of aryl methyl sites for hydroxylation is 1. The van der Waals surface area contributed by atoms with Gasteiger partial charge in [-0.3, -0.25) is 9.36 Å². The number of benzene rings is 4. The number of methoxy groups -OCH3 is 1. The average Bonchev–Trinajstić information content (AvgIpc) is 3.57. The molecule has 0 radical (unpaired) electrons. The Hall–Kier alpha value is -4.65. The Labute approximate surface area is 263 Å². The molecular formula is C37H28ClN3O2S. The van der Waals surface area contributed by atoms with Gasteiger partial charge in [-0.05, 0) is 65.4 Å². The summed E-state index contributed by atoms with van der Waals surface area (Å²) in [6.45, 7) is 0.636. The third-order valence-corrected chi connectivity index (χ3v) is 10.0. The predicted molar refractivity (Wildman–Crippen MR) is 178 cm³/mol. The number of allylic oxidation sites excluding steroid dienone is 1. The van der Waals surface area contributed by atoms with Crippen LogP contribution in [0.1, 0.15) is 40.3 Å². The molecule has 4 aromatic carbocycles. The molecule has 1 aliphatic carbocycles. The van der Waals surface area contributed by atoms with Gasteiger partial charge in [0.25, 0.3) is 5.56 Å². The van der Waals surface area contributed by atoms with E-state index in [0.717, 1.165) is 62.5 Å². The highest BCUT2D eigenvalue weighted by atomic mass is 35.5. The number of nitrogens with zero attached hydrogens (tertiary/aromatic N) is 3. The first-order valence-corrected chi connectivity index (χ1v) is 15.9. The summed E-state index contributed by atoms with van der Waals surface area (Å²) in [6.07, 6.45) is 5.90. The first kappa shape index (κ1) is 26.9. The second kappa shape index (κ2) is 10.8. The van der Waals surface area contributed by atoms with Crippen molar-refractivity contribution in [2.75, 3.05) is 7.11 Å². The molecule has 44 heavy (non-hydrogen) atoms. The van der Waals surface area contributed by atoms with Crippen LogP contribution in [0, 0.1) is 0 Å². The zero-order chi connectivity index (χ0) is 29.8. The Bertz CT molecular complexity index is 2310. The normalized spacial score (nSPS) is 16.0. The molecule has 0 fully saturated rings. The van der Waals surface area contributed by atoms with Crippen molar-refractivity contribution in [2.45, 2.75) is 25.4 Å². The molecule has 8 rings (SSSR count). The molecule has 5 nitrogen and oxygen atoms in total. The molecular weight excluding hydrogens is 586 g/mol. The van der Waals surface area contributed by atoms with Gasteiger partial charge >= 0.3 is 0 Å². The van der Waals surface area contributed by atoms with Crippen LogP contribution in [0.3, 0.4) is 0 Å². The number of para-hydroxylation sites is 1. The molecule has 1 atom stereocenters. The van der Waals surface area contributed by atoms with Crippen LogP contribution < -0.4 is 19.6 Å². The minimum absolute atomic E-state index is 0.0325. The maximum atomic E-state index is 14.4. The topological polar surface area (TPSA) is 48.5 Å². The minimum atomic E-state index is -0.256. The largest absolute Gasteiger partial charge is 0.497 e. The van der Waals surface area contributed by atoms with Gasteiger partial charge in [-0.15, -0.1) is 0 Å². The number of rotatable bonds is 5. The Balaban J connectivity index is 1.33. The molecule has 0 spiro atoms. The Kier molecular flexibility index (Phi) is 6.62. The van der Waals surface area contributed by atoms with Gasteiger partial charge in [0.05, 0.1) is 23.4 Å². The van der Waals surface area contributed by atoms with Gasteiger partial charge in [0.15, 0.2) is 4.80 Å². The predicted octanol–water partition coefficient (Wildman–Crippen LogP) is 6.98. The molecule has 2 aromatic heterocycles. The lowest BCUT2D eigenvalue weighted by Crippen LogP contribution is -2.38. The fraction of sp³-hybridized carbons (Fsp3) is 0.135. The van der Waals surface area contributed by atoms with Crippen molar-refractivity contribution >= 4 is 45.6 Å². The molecule has 1 aliphatic heterocycles. The summed E-state index contributed by atoms with van der Waals surface area (Å²) < 4.78 is 10.3. The van der Waals surface area contributed by atoms with E-state index in [-0.39, 0.29) is 11.6 Å². The molecule has 0 saturated heterocycles. The molecule has 0 unspecified atom stereocenters. The Morgan fingerprint density at radius 2 is 1.80 bits per heavy atom. The van der Waals surface area contributed by atoms with Gasteiger partial charge in [0, 0.05) is 39.8 Å². The molecule has 216 valence electrons. The summed E-state index contributed by atoms with van der Waals surface area (Å²) in [4.78, 5) is 20.2. The van der Waals surface area contributed by atoms with Crippen molar-refractivity contribution in [3.05, 3.63) is 161 Å². The van der Waals surface area contributed by atoms with Gasteiger partial charge in [0.2, 0.25) is 0 Å². The van der Waals surface area contributed by atoms with Crippen LogP contribution in [0.15, 0.2) is 119 Å². The van der Waals surface area contributed by atoms with Crippen molar-refractivity contribution in [3.8, 4) is 5.75 Å². The van der Waals surface area contributed by atoms with Crippen molar-refractivity contribution in [1.82, 2.24) is 9.13 Å². The van der Waals surface area contributed by atoms with E-state index in [1.54, 1.807) is 7.11 Å². The number of hydrogen-bond donors (Lipinski definition) is 0. The molecule has 7 heteroatoms. The van der Waals surface area contributed by atoms with E-state index in [1.807, 2.05) is 65.2 Å². The van der Waals surface area contributed by atoms with Gasteiger partial charge in [0.1, 0.15) is 5.75 Å². The number of ether oxygens (including phenoxy) is 1. The fourth-order valence-corrected chi connectivity index (χ4v) is 7.79. The van der Waals surface area contributed by atoms with Crippen LogP contribution >= 0.6 is 22.9 Å². The lowest BCUT2D eigenvalue weighted by atomic mass is 9.83. The zero-order valence-electron chi connectivity index (χ0n) is 24.0. The number of aromatic nitrogens is 2. The molecule has 2 aliphatic rings. The smallest absolute Gasteiger partial charge is 0.271 e. The fourth-order valence-electron chi connectivity index (χ4n) is 6.61. The van der Waals surface area contributed by atoms with Gasteiger partial charge in [-0.2, -0.15) is 0 Å². The van der Waals surface area contributed by atoms with Crippen molar-refractivity contribution in [1.29, 1.82) is 0 Å². The van der Waals surface area contributed by atoms with E-state index < -0.39 is 0 Å². The van der Waals surface area contributed by atoms with Gasteiger partial charge in [-0.1, -0.05) is 95.7 Å². The highest BCUT2D eigenvalue weighted by molar-refractivity contribution is 7.07. The van der Waals surface area contributed by atoms with E-state index in [1.165, 1.54) is 22.5 Å². The van der Waals surface area contributed by atoms with Crippen LogP contribution in [0.5, 0.6) is 5.75 Å². The highest BCUT2D eigenvalue weighted by Gasteiger charge is 2.32. The number of hydrogen-bond acceptors (Lipinski definition) is 4. The van der Waals surface area contributed by atoms with Crippen molar-refractivity contribution < 1.29 is 4.74 Å². The van der Waals surface area contributed by atoms with Crippen LogP contribution in [-0.4, -0.2) is 16.2 Å². The van der Waals surface area contributed by atoms with E-state index in [0.29, 0.717) is 15.9 Å². The quantitative estimate of drug-likeness (QED) is 0.211. The van der Waals surface area contributed by atoms with Crippen LogP contribution in [0.25, 0.3) is 22.7 Å². The molecule has 0 amide bonds. The van der Waals surface area contributed by atoms with Crippen molar-refractivity contribution in [3.63, 3.8) is 0 Å². The monoisotopic (exact) mass is 613 g/mol. The number of fused-ring (bicyclic) bond motifs is 4. The summed E-state index contributed by atoms with van der Waals surface area (Å²) in [7, 11) is 1.67. The maximum Gasteiger partial charge on any atom is 0.271 e. The van der Waals surface area contributed by atoms with E-state index in [9.17, 15) is 4.79 Å². The summed E-state index contributed by atoms with van der Waals surface area (Å²) in [5.41, 5.74) is 8.73. The molecule has 0 bridgehead atoms. The molecule has 0 N–H and O–H groups in total. The average molecular weight is 614 g/mol. The lowest BCUT2D eigenvalue weighted by Gasteiger charge is -2.31. The van der Waals surface area contributed by atoms with Gasteiger partial charge < -0.3 is 9.30 Å². The third kappa shape index (κ3) is 4.45. The van der Waals surface area contributed by atoms with Crippen LogP contribution in [0.2, 0.25) is 5.02 Å². The number of halogens is 1. The molecule has 0 saturated carbocycles. The zero-order valence-corrected chi connectivity index (χ0v) is 25.6. The Morgan fingerprint density at radius 1 is 0.977 bits per heavy atom. The highest BCUT2D eigenvalue weighted by Crippen LogP contribution is 2.41. The van der Waals surface area contributed by atoms with E-state index in [2.05, 4.69) is 53.2 Å². The second-order valence-electron chi connectivity index (χ2n) is 11.2.